The van der Waals surface area contributed by atoms with Gasteiger partial charge in [0.25, 0.3) is 10.0 Å². The molecule has 2 rings (SSSR count). The number of hydrogen-bond acceptors (Lipinski definition) is 4. The smallest absolute Gasteiger partial charge is 0.265 e. The lowest BCUT2D eigenvalue weighted by atomic mass is 10.3. The molecule has 0 saturated heterocycles. The van der Waals surface area contributed by atoms with E-state index in [9.17, 15) is 12.8 Å². The van der Waals surface area contributed by atoms with Crippen molar-refractivity contribution in [2.24, 2.45) is 5.73 Å². The summed E-state index contributed by atoms with van der Waals surface area (Å²) >= 11 is 1.38. The van der Waals surface area contributed by atoms with Crippen molar-refractivity contribution in [3.63, 3.8) is 0 Å². The van der Waals surface area contributed by atoms with Gasteiger partial charge < -0.3 is 5.73 Å². The van der Waals surface area contributed by atoms with Gasteiger partial charge in [-0.2, -0.15) is 0 Å². The number of sulfonamides is 1. The standard InChI is InChI=1S/C14H17FN2O2S2/c1-3-17(12-6-4-11(15)5-7-12)21(18,19)14-8-13(9-16)20-10(14)2/h4-8H,3,9,16H2,1-2H3. The molecule has 21 heavy (non-hydrogen) atoms. The molecule has 0 spiro atoms. The van der Waals surface area contributed by atoms with Crippen LogP contribution in [0.25, 0.3) is 0 Å². The highest BCUT2D eigenvalue weighted by Crippen LogP contribution is 2.30. The second-order valence-corrected chi connectivity index (χ2v) is 7.66. The SMILES string of the molecule is CCN(c1ccc(F)cc1)S(=O)(=O)c1cc(CN)sc1C. The molecule has 0 aliphatic carbocycles. The first-order chi connectivity index (χ1) is 9.90. The third-order valence-corrected chi connectivity index (χ3v) is 6.33. The van der Waals surface area contributed by atoms with Gasteiger partial charge in [0.15, 0.2) is 0 Å². The van der Waals surface area contributed by atoms with E-state index in [0.717, 1.165) is 4.88 Å². The number of benzene rings is 1. The fourth-order valence-electron chi connectivity index (χ4n) is 2.10. The Balaban J connectivity index is 2.49. The average molecular weight is 328 g/mol. The summed E-state index contributed by atoms with van der Waals surface area (Å²) < 4.78 is 39.9. The molecular weight excluding hydrogens is 311 g/mol. The van der Waals surface area contributed by atoms with Crippen LogP contribution in [-0.4, -0.2) is 15.0 Å². The first kappa shape index (κ1) is 15.9. The number of anilines is 1. The molecule has 2 aromatic rings. The second-order valence-electron chi connectivity index (χ2n) is 4.48. The summed E-state index contributed by atoms with van der Waals surface area (Å²) in [5, 5.41) is 0. The van der Waals surface area contributed by atoms with Crippen molar-refractivity contribution in [2.45, 2.75) is 25.3 Å². The maximum Gasteiger partial charge on any atom is 0.265 e. The summed E-state index contributed by atoms with van der Waals surface area (Å²) in [5.74, 6) is -0.399. The van der Waals surface area contributed by atoms with Crippen molar-refractivity contribution in [2.75, 3.05) is 10.8 Å². The molecule has 0 aliphatic rings. The normalized spacial score (nSPS) is 11.6. The quantitative estimate of drug-likeness (QED) is 0.918. The van der Waals surface area contributed by atoms with Crippen molar-refractivity contribution in [3.05, 3.63) is 45.9 Å². The van der Waals surface area contributed by atoms with Gasteiger partial charge in [0.05, 0.1) is 5.69 Å². The minimum Gasteiger partial charge on any atom is -0.326 e. The van der Waals surface area contributed by atoms with Crippen LogP contribution in [0.15, 0.2) is 35.2 Å². The monoisotopic (exact) mass is 328 g/mol. The number of thiophene rings is 1. The Morgan fingerprint density at radius 3 is 2.38 bits per heavy atom. The second kappa shape index (κ2) is 6.13. The summed E-state index contributed by atoms with van der Waals surface area (Å²) in [6.45, 7) is 4.08. The van der Waals surface area contributed by atoms with Crippen molar-refractivity contribution in [1.29, 1.82) is 0 Å². The zero-order valence-electron chi connectivity index (χ0n) is 11.8. The van der Waals surface area contributed by atoms with E-state index in [1.54, 1.807) is 19.9 Å². The molecule has 114 valence electrons. The van der Waals surface area contributed by atoms with Gasteiger partial charge >= 0.3 is 0 Å². The van der Waals surface area contributed by atoms with Crippen LogP contribution in [-0.2, 0) is 16.6 Å². The lowest BCUT2D eigenvalue weighted by molar-refractivity contribution is 0.591. The largest absolute Gasteiger partial charge is 0.326 e. The van der Waals surface area contributed by atoms with E-state index in [-0.39, 0.29) is 11.4 Å². The molecule has 7 heteroatoms. The van der Waals surface area contributed by atoms with Gasteiger partial charge in [-0.1, -0.05) is 0 Å². The van der Waals surface area contributed by atoms with Crippen LogP contribution in [0, 0.1) is 12.7 Å². The molecule has 0 bridgehead atoms. The molecule has 1 aromatic heterocycles. The van der Waals surface area contributed by atoms with Crippen LogP contribution in [0.5, 0.6) is 0 Å². The zero-order chi connectivity index (χ0) is 15.6. The van der Waals surface area contributed by atoms with Crippen LogP contribution in [0.3, 0.4) is 0 Å². The van der Waals surface area contributed by atoms with Gasteiger partial charge in [-0.25, -0.2) is 12.8 Å². The Morgan fingerprint density at radius 1 is 1.29 bits per heavy atom. The topological polar surface area (TPSA) is 63.4 Å². The van der Waals surface area contributed by atoms with Gasteiger partial charge in [0.1, 0.15) is 10.7 Å². The van der Waals surface area contributed by atoms with Crippen LogP contribution in [0.4, 0.5) is 10.1 Å². The van der Waals surface area contributed by atoms with E-state index in [1.165, 1.54) is 39.9 Å². The molecule has 0 unspecified atom stereocenters. The number of nitrogens with two attached hydrogens (primary N) is 1. The molecule has 0 fully saturated rings. The maximum atomic E-state index is 13.0. The number of nitrogens with zero attached hydrogens (tertiary/aromatic N) is 1. The minimum atomic E-state index is -3.67. The van der Waals surface area contributed by atoms with E-state index >= 15 is 0 Å². The van der Waals surface area contributed by atoms with Crippen LogP contribution in [0.1, 0.15) is 16.7 Å². The summed E-state index contributed by atoms with van der Waals surface area (Å²) in [4.78, 5) is 1.79. The van der Waals surface area contributed by atoms with Crippen molar-refractivity contribution in [3.8, 4) is 0 Å². The molecule has 1 aromatic carbocycles. The number of halogens is 1. The predicted octanol–water partition coefficient (Wildman–Crippen LogP) is 2.87. The average Bonchev–Trinajstić information content (AvgIpc) is 2.83. The molecule has 0 radical (unpaired) electrons. The van der Waals surface area contributed by atoms with Crippen molar-refractivity contribution in [1.82, 2.24) is 0 Å². The third kappa shape index (κ3) is 3.09. The Kier molecular flexibility index (Phi) is 4.65. The molecular formula is C14H17FN2O2S2. The van der Waals surface area contributed by atoms with Crippen LogP contribution in [0.2, 0.25) is 0 Å². The Morgan fingerprint density at radius 2 is 1.90 bits per heavy atom. The number of aryl methyl sites for hydroxylation is 1. The zero-order valence-corrected chi connectivity index (χ0v) is 13.5. The van der Waals surface area contributed by atoms with E-state index in [4.69, 9.17) is 5.73 Å². The Bertz CT molecular complexity index is 724. The lowest BCUT2D eigenvalue weighted by Crippen LogP contribution is -2.30. The summed E-state index contributed by atoms with van der Waals surface area (Å²) in [6.07, 6.45) is 0. The summed E-state index contributed by atoms with van der Waals surface area (Å²) in [6, 6.07) is 7.03. The highest BCUT2D eigenvalue weighted by Gasteiger charge is 2.27. The van der Waals surface area contributed by atoms with Crippen LogP contribution < -0.4 is 10.0 Å². The third-order valence-electron chi connectivity index (χ3n) is 3.09. The Labute approximate surface area is 128 Å². The molecule has 4 nitrogen and oxygen atoms in total. The van der Waals surface area contributed by atoms with Gasteiger partial charge in [-0.05, 0) is 44.2 Å². The summed E-state index contributed by atoms with van der Waals surface area (Å²) in [7, 11) is -3.67. The molecule has 0 amide bonds. The van der Waals surface area contributed by atoms with Gasteiger partial charge in [-0.3, -0.25) is 4.31 Å². The van der Waals surface area contributed by atoms with E-state index in [2.05, 4.69) is 0 Å². The molecule has 1 heterocycles. The number of hydrogen-bond donors (Lipinski definition) is 1. The fourth-order valence-corrected chi connectivity index (χ4v) is 5.06. The predicted molar refractivity (Wildman–Crippen MR) is 83.6 cm³/mol. The lowest BCUT2D eigenvalue weighted by Gasteiger charge is -2.22. The molecule has 2 N–H and O–H groups in total. The Hall–Kier alpha value is -1.44. The van der Waals surface area contributed by atoms with Gasteiger partial charge in [-0.15, -0.1) is 11.3 Å². The fraction of sp³-hybridized carbons (Fsp3) is 0.286. The highest BCUT2D eigenvalue weighted by molar-refractivity contribution is 7.93. The van der Waals surface area contributed by atoms with E-state index in [1.807, 2.05) is 0 Å². The molecule has 0 saturated carbocycles. The van der Waals surface area contributed by atoms with Crippen molar-refractivity contribution >= 4 is 27.0 Å². The van der Waals surface area contributed by atoms with E-state index in [0.29, 0.717) is 17.1 Å². The first-order valence-electron chi connectivity index (χ1n) is 6.47. The highest BCUT2D eigenvalue weighted by atomic mass is 32.2. The number of rotatable bonds is 5. The molecule has 0 atom stereocenters. The van der Waals surface area contributed by atoms with Crippen LogP contribution >= 0.6 is 11.3 Å². The van der Waals surface area contributed by atoms with E-state index < -0.39 is 15.8 Å². The summed E-state index contributed by atoms with van der Waals surface area (Å²) in [5.41, 5.74) is 6.02. The first-order valence-corrected chi connectivity index (χ1v) is 8.73. The van der Waals surface area contributed by atoms with Gasteiger partial charge in [0, 0.05) is 22.8 Å². The maximum absolute atomic E-state index is 13.0. The minimum absolute atomic E-state index is 0.263. The molecule has 0 aliphatic heterocycles. The van der Waals surface area contributed by atoms with Crippen molar-refractivity contribution < 1.29 is 12.8 Å². The van der Waals surface area contributed by atoms with Gasteiger partial charge in [0.2, 0.25) is 0 Å².